The molecule has 0 aromatic heterocycles. The molecule has 3 aromatic rings. The lowest BCUT2D eigenvalue weighted by molar-refractivity contribution is 0.0930. The number of aryl methyl sites for hydroxylation is 1. The summed E-state index contributed by atoms with van der Waals surface area (Å²) in [5, 5.41) is 3.11. The van der Waals surface area contributed by atoms with Crippen molar-refractivity contribution in [1.82, 2.24) is 10.2 Å². The van der Waals surface area contributed by atoms with Crippen LogP contribution in [0.15, 0.2) is 66.7 Å². The van der Waals surface area contributed by atoms with Crippen LogP contribution in [-0.2, 0) is 0 Å². The first-order valence-electron chi connectivity index (χ1n) is 11.6. The standard InChI is InChI=1S/C27H28FN3O3/c1-19-6-8-20(9-7-19)27(32)29-17-24(21-10-11-25-26(16-21)34-18-33-25)31-14-12-30(13-15-31)23-5-3-2-4-22(23)28/h2-11,16,24H,12-15,17-18H2,1H3,(H,29,32)/t24-/m1/s1. The van der Waals surface area contributed by atoms with Crippen LogP contribution in [0.25, 0.3) is 0 Å². The number of nitrogens with zero attached hydrogens (tertiary/aromatic N) is 2. The molecule has 2 aliphatic heterocycles. The van der Waals surface area contributed by atoms with Gasteiger partial charge in [-0.05, 0) is 48.9 Å². The van der Waals surface area contributed by atoms with E-state index in [1.807, 2.05) is 61.5 Å². The maximum Gasteiger partial charge on any atom is 0.251 e. The Kier molecular flexibility index (Phi) is 6.36. The van der Waals surface area contributed by atoms with E-state index in [4.69, 9.17) is 9.47 Å². The number of hydrogen-bond donors (Lipinski definition) is 1. The molecule has 0 spiro atoms. The van der Waals surface area contributed by atoms with Crippen molar-refractivity contribution in [2.75, 3.05) is 44.4 Å². The molecule has 0 saturated carbocycles. The second kappa shape index (κ2) is 9.73. The molecule has 2 heterocycles. The van der Waals surface area contributed by atoms with Crippen LogP contribution in [0.5, 0.6) is 11.5 Å². The first-order valence-corrected chi connectivity index (χ1v) is 11.6. The molecule has 6 nitrogen and oxygen atoms in total. The lowest BCUT2D eigenvalue weighted by Gasteiger charge is -2.40. The number of fused-ring (bicyclic) bond motifs is 1. The largest absolute Gasteiger partial charge is 0.454 e. The highest BCUT2D eigenvalue weighted by Crippen LogP contribution is 2.36. The number of nitrogens with one attached hydrogen (secondary N) is 1. The summed E-state index contributed by atoms with van der Waals surface area (Å²) in [6.07, 6.45) is 0. The third-order valence-electron chi connectivity index (χ3n) is 6.50. The summed E-state index contributed by atoms with van der Waals surface area (Å²) >= 11 is 0. The number of carbonyl (C=O) groups is 1. The number of benzene rings is 3. The highest BCUT2D eigenvalue weighted by molar-refractivity contribution is 5.94. The van der Waals surface area contributed by atoms with Gasteiger partial charge in [0.05, 0.1) is 11.7 Å². The smallest absolute Gasteiger partial charge is 0.251 e. The molecule has 0 radical (unpaired) electrons. The van der Waals surface area contributed by atoms with Crippen LogP contribution in [-0.4, -0.2) is 50.3 Å². The summed E-state index contributed by atoms with van der Waals surface area (Å²) in [5.41, 5.74) is 3.43. The van der Waals surface area contributed by atoms with E-state index in [1.54, 1.807) is 6.07 Å². The van der Waals surface area contributed by atoms with Crippen LogP contribution in [0.2, 0.25) is 0 Å². The molecule has 34 heavy (non-hydrogen) atoms. The van der Waals surface area contributed by atoms with Crippen molar-refractivity contribution >= 4 is 11.6 Å². The summed E-state index contributed by atoms with van der Waals surface area (Å²) < 4.78 is 25.4. The number of carbonyl (C=O) groups excluding carboxylic acids is 1. The van der Waals surface area contributed by atoms with Gasteiger partial charge in [0.25, 0.3) is 5.91 Å². The predicted octanol–water partition coefficient (Wildman–Crippen LogP) is 4.16. The number of rotatable bonds is 6. The molecule has 0 aliphatic carbocycles. The minimum atomic E-state index is -0.200. The summed E-state index contributed by atoms with van der Waals surface area (Å²) in [6, 6.07) is 20.3. The van der Waals surface area contributed by atoms with Crippen molar-refractivity contribution in [3.8, 4) is 11.5 Å². The zero-order chi connectivity index (χ0) is 23.5. The highest BCUT2D eigenvalue weighted by atomic mass is 19.1. The first-order chi connectivity index (χ1) is 16.6. The van der Waals surface area contributed by atoms with Crippen molar-refractivity contribution in [3.05, 3.63) is 89.2 Å². The molecule has 1 fully saturated rings. The van der Waals surface area contributed by atoms with Crippen LogP contribution in [0.1, 0.15) is 27.5 Å². The van der Waals surface area contributed by atoms with E-state index >= 15 is 0 Å². The van der Waals surface area contributed by atoms with Crippen molar-refractivity contribution in [2.45, 2.75) is 13.0 Å². The molecule has 1 saturated heterocycles. The molecular weight excluding hydrogens is 433 g/mol. The van der Waals surface area contributed by atoms with E-state index in [1.165, 1.54) is 6.07 Å². The average Bonchev–Trinajstić information content (AvgIpc) is 3.33. The lowest BCUT2D eigenvalue weighted by atomic mass is 10.0. The zero-order valence-corrected chi connectivity index (χ0v) is 19.2. The predicted molar refractivity (Wildman–Crippen MR) is 129 cm³/mol. The Morgan fingerprint density at radius 2 is 1.71 bits per heavy atom. The fourth-order valence-corrected chi connectivity index (χ4v) is 4.56. The Balaban J connectivity index is 1.32. The van der Waals surface area contributed by atoms with Crippen LogP contribution >= 0.6 is 0 Å². The van der Waals surface area contributed by atoms with Gasteiger partial charge in [-0.3, -0.25) is 9.69 Å². The van der Waals surface area contributed by atoms with E-state index in [0.29, 0.717) is 30.9 Å². The van der Waals surface area contributed by atoms with E-state index < -0.39 is 0 Å². The van der Waals surface area contributed by atoms with Gasteiger partial charge in [0.1, 0.15) is 5.82 Å². The number of amides is 1. The maximum absolute atomic E-state index is 14.3. The van der Waals surface area contributed by atoms with Crippen molar-refractivity contribution in [3.63, 3.8) is 0 Å². The van der Waals surface area contributed by atoms with Crippen LogP contribution in [0.4, 0.5) is 10.1 Å². The third kappa shape index (κ3) is 4.70. The third-order valence-corrected chi connectivity index (χ3v) is 6.50. The Labute approximate surface area is 198 Å². The second-order valence-electron chi connectivity index (χ2n) is 8.68. The van der Waals surface area contributed by atoms with E-state index in [-0.39, 0.29) is 24.6 Å². The fourth-order valence-electron chi connectivity index (χ4n) is 4.56. The topological polar surface area (TPSA) is 54.0 Å². The van der Waals surface area contributed by atoms with Gasteiger partial charge >= 0.3 is 0 Å². The highest BCUT2D eigenvalue weighted by Gasteiger charge is 2.28. The quantitative estimate of drug-likeness (QED) is 0.598. The minimum Gasteiger partial charge on any atom is -0.454 e. The summed E-state index contributed by atoms with van der Waals surface area (Å²) in [7, 11) is 0. The number of piperazine rings is 1. The van der Waals surface area contributed by atoms with Gasteiger partial charge in [0.15, 0.2) is 11.5 Å². The Morgan fingerprint density at radius 1 is 0.971 bits per heavy atom. The van der Waals surface area contributed by atoms with Crippen LogP contribution < -0.4 is 19.7 Å². The molecule has 0 bridgehead atoms. The lowest BCUT2D eigenvalue weighted by Crippen LogP contribution is -2.50. The van der Waals surface area contributed by atoms with Crippen LogP contribution in [0.3, 0.4) is 0 Å². The van der Waals surface area contributed by atoms with Crippen molar-refractivity contribution in [2.24, 2.45) is 0 Å². The fraction of sp³-hybridized carbons (Fsp3) is 0.296. The van der Waals surface area contributed by atoms with Gasteiger partial charge < -0.3 is 19.7 Å². The number of ether oxygens (including phenoxy) is 2. The van der Waals surface area contributed by atoms with Gasteiger partial charge in [-0.15, -0.1) is 0 Å². The Hall–Kier alpha value is -3.58. The van der Waals surface area contributed by atoms with Gasteiger partial charge in [0, 0.05) is 38.3 Å². The molecule has 1 N–H and O–H groups in total. The number of anilines is 1. The normalized spacial score (nSPS) is 16.4. The summed E-state index contributed by atoms with van der Waals surface area (Å²) in [5.74, 6) is 1.15. The zero-order valence-electron chi connectivity index (χ0n) is 19.2. The second-order valence-corrected chi connectivity index (χ2v) is 8.68. The Morgan fingerprint density at radius 3 is 2.47 bits per heavy atom. The molecule has 5 rings (SSSR count). The maximum atomic E-state index is 14.3. The monoisotopic (exact) mass is 461 g/mol. The van der Waals surface area contributed by atoms with E-state index in [2.05, 4.69) is 15.1 Å². The molecular formula is C27H28FN3O3. The number of halogens is 1. The molecule has 1 atom stereocenters. The van der Waals surface area contributed by atoms with Crippen molar-refractivity contribution < 1.29 is 18.7 Å². The molecule has 7 heteroatoms. The number of hydrogen-bond acceptors (Lipinski definition) is 5. The summed E-state index contributed by atoms with van der Waals surface area (Å²) in [4.78, 5) is 17.2. The Bertz CT molecular complexity index is 1160. The molecule has 176 valence electrons. The molecule has 2 aliphatic rings. The number of para-hydroxylation sites is 1. The SMILES string of the molecule is Cc1ccc(C(=O)NC[C@H](c2ccc3c(c2)OCO3)N2CCN(c3ccccc3F)CC2)cc1. The van der Waals surface area contributed by atoms with Crippen LogP contribution in [0, 0.1) is 12.7 Å². The average molecular weight is 462 g/mol. The van der Waals surface area contributed by atoms with Crippen molar-refractivity contribution in [1.29, 1.82) is 0 Å². The molecule has 0 unspecified atom stereocenters. The van der Waals surface area contributed by atoms with Gasteiger partial charge in [-0.1, -0.05) is 35.9 Å². The van der Waals surface area contributed by atoms with E-state index in [9.17, 15) is 9.18 Å². The first kappa shape index (κ1) is 22.2. The van der Waals surface area contributed by atoms with Gasteiger partial charge in [-0.2, -0.15) is 0 Å². The minimum absolute atomic E-state index is 0.0494. The molecule has 1 amide bonds. The molecule has 3 aromatic carbocycles. The summed E-state index contributed by atoms with van der Waals surface area (Å²) in [6.45, 7) is 5.56. The van der Waals surface area contributed by atoms with Gasteiger partial charge in [0.2, 0.25) is 6.79 Å². The van der Waals surface area contributed by atoms with E-state index in [0.717, 1.165) is 35.7 Å². The van der Waals surface area contributed by atoms with Gasteiger partial charge in [-0.25, -0.2) is 4.39 Å².